The highest BCUT2D eigenvalue weighted by atomic mass is 79.9. The first-order valence-electron chi connectivity index (χ1n) is 6.23. The van der Waals surface area contributed by atoms with Crippen molar-refractivity contribution >= 4 is 33.2 Å². The molecule has 0 aliphatic carbocycles. The summed E-state index contributed by atoms with van der Waals surface area (Å²) in [4.78, 5) is 10.5. The quantitative estimate of drug-likeness (QED) is 0.423. The molecule has 0 atom stereocenters. The van der Waals surface area contributed by atoms with Crippen molar-refractivity contribution in [1.82, 2.24) is 0 Å². The van der Waals surface area contributed by atoms with Gasteiger partial charge in [-0.3, -0.25) is 10.1 Å². The Labute approximate surface area is 136 Å². The van der Waals surface area contributed by atoms with Crippen LogP contribution in [0.3, 0.4) is 0 Å². The molecular formula is C15H13BrClNO3. The van der Waals surface area contributed by atoms with E-state index in [1.165, 1.54) is 6.07 Å². The third kappa shape index (κ3) is 3.74. The molecule has 0 amide bonds. The summed E-state index contributed by atoms with van der Waals surface area (Å²) in [5.41, 5.74) is 2.37. The summed E-state index contributed by atoms with van der Waals surface area (Å²) in [6.07, 6.45) is 0. The second kappa shape index (κ2) is 6.91. The van der Waals surface area contributed by atoms with Crippen LogP contribution in [0.5, 0.6) is 5.75 Å². The van der Waals surface area contributed by atoms with Gasteiger partial charge >= 0.3 is 0 Å². The monoisotopic (exact) mass is 369 g/mol. The van der Waals surface area contributed by atoms with E-state index in [0.717, 1.165) is 15.6 Å². The van der Waals surface area contributed by atoms with Crippen molar-refractivity contribution in [3.63, 3.8) is 0 Å². The van der Waals surface area contributed by atoms with Crippen LogP contribution in [0.25, 0.3) is 0 Å². The molecule has 2 aromatic rings. The fourth-order valence-corrected chi connectivity index (χ4v) is 2.59. The molecule has 0 spiro atoms. The van der Waals surface area contributed by atoms with Crippen LogP contribution >= 0.6 is 27.5 Å². The van der Waals surface area contributed by atoms with Gasteiger partial charge in [-0.05, 0) is 30.7 Å². The zero-order chi connectivity index (χ0) is 15.4. The molecule has 0 aliphatic rings. The lowest BCUT2D eigenvalue weighted by molar-refractivity contribution is -0.385. The van der Waals surface area contributed by atoms with Crippen LogP contribution in [0.4, 0.5) is 5.69 Å². The number of nitro groups is 1. The van der Waals surface area contributed by atoms with Crippen LogP contribution in [0.2, 0.25) is 0 Å². The van der Waals surface area contributed by atoms with Crippen LogP contribution in [-0.4, -0.2) is 4.92 Å². The van der Waals surface area contributed by atoms with Crippen molar-refractivity contribution in [2.24, 2.45) is 0 Å². The molecule has 0 aliphatic heterocycles. The predicted molar refractivity (Wildman–Crippen MR) is 85.9 cm³/mol. The van der Waals surface area contributed by atoms with Gasteiger partial charge in [0.15, 0.2) is 0 Å². The summed E-state index contributed by atoms with van der Waals surface area (Å²) in [6.45, 7) is 1.99. The predicted octanol–water partition coefficient (Wildman–Crippen LogP) is 4.98. The molecule has 0 heterocycles. The normalized spacial score (nSPS) is 10.4. The van der Waals surface area contributed by atoms with E-state index >= 15 is 0 Å². The maximum Gasteiger partial charge on any atom is 0.272 e. The Morgan fingerprint density at radius 1 is 1.29 bits per heavy atom. The minimum Gasteiger partial charge on any atom is -0.489 e. The van der Waals surface area contributed by atoms with Gasteiger partial charge < -0.3 is 4.74 Å². The maximum absolute atomic E-state index is 10.9. The number of halogens is 2. The summed E-state index contributed by atoms with van der Waals surface area (Å²) < 4.78 is 6.68. The molecule has 21 heavy (non-hydrogen) atoms. The Hall–Kier alpha value is -1.59. The van der Waals surface area contributed by atoms with E-state index in [-0.39, 0.29) is 17.2 Å². The fourth-order valence-electron chi connectivity index (χ4n) is 1.97. The fraction of sp³-hybridized carbons (Fsp3) is 0.200. The minimum absolute atomic E-state index is 0.101. The zero-order valence-electron chi connectivity index (χ0n) is 11.3. The highest BCUT2D eigenvalue weighted by molar-refractivity contribution is 9.10. The smallest absolute Gasteiger partial charge is 0.272 e. The molecule has 0 unspecified atom stereocenters. The number of nitro benzene ring substituents is 1. The van der Waals surface area contributed by atoms with Gasteiger partial charge in [0.1, 0.15) is 12.4 Å². The maximum atomic E-state index is 10.9. The van der Waals surface area contributed by atoms with Crippen molar-refractivity contribution < 1.29 is 9.66 Å². The lowest BCUT2D eigenvalue weighted by atomic mass is 10.1. The molecule has 110 valence electrons. The van der Waals surface area contributed by atoms with Crippen molar-refractivity contribution in [2.45, 2.75) is 19.4 Å². The molecule has 6 heteroatoms. The average Bonchev–Trinajstić information content (AvgIpc) is 2.46. The van der Waals surface area contributed by atoms with Crippen LogP contribution in [-0.2, 0) is 12.5 Å². The SMILES string of the molecule is Cc1c(COc2ccc(Br)cc2CCl)cccc1[N+](=O)[O-]. The largest absolute Gasteiger partial charge is 0.489 e. The molecule has 0 aromatic heterocycles. The van der Waals surface area contributed by atoms with Gasteiger partial charge in [-0.15, -0.1) is 11.6 Å². The van der Waals surface area contributed by atoms with Gasteiger partial charge in [0, 0.05) is 21.7 Å². The lowest BCUT2D eigenvalue weighted by Gasteiger charge is -2.12. The van der Waals surface area contributed by atoms with E-state index in [2.05, 4.69) is 15.9 Å². The molecule has 2 aromatic carbocycles. The number of ether oxygens (including phenoxy) is 1. The number of alkyl halides is 1. The van der Waals surface area contributed by atoms with Crippen LogP contribution in [0.1, 0.15) is 16.7 Å². The molecule has 0 N–H and O–H groups in total. The van der Waals surface area contributed by atoms with Crippen LogP contribution in [0.15, 0.2) is 40.9 Å². The summed E-state index contributed by atoms with van der Waals surface area (Å²) in [5.74, 6) is 1.02. The number of rotatable bonds is 5. The van der Waals surface area contributed by atoms with E-state index in [1.54, 1.807) is 13.0 Å². The highest BCUT2D eigenvalue weighted by Crippen LogP contribution is 2.27. The summed E-state index contributed by atoms with van der Waals surface area (Å²) in [7, 11) is 0. The molecule has 2 rings (SSSR count). The van der Waals surface area contributed by atoms with Gasteiger partial charge in [0.25, 0.3) is 5.69 Å². The first kappa shape index (κ1) is 15.8. The van der Waals surface area contributed by atoms with Crippen LogP contribution < -0.4 is 4.74 Å². The first-order valence-corrected chi connectivity index (χ1v) is 7.55. The lowest BCUT2D eigenvalue weighted by Crippen LogP contribution is -2.02. The number of benzene rings is 2. The van der Waals surface area contributed by atoms with Gasteiger partial charge in [-0.1, -0.05) is 28.1 Å². The standard InChI is InChI=1S/C15H13BrClNO3/c1-10-11(3-2-4-14(10)18(19)20)9-21-15-6-5-13(16)7-12(15)8-17/h2-7H,8-9H2,1H3. The second-order valence-corrected chi connectivity index (χ2v) is 5.68. The van der Waals surface area contributed by atoms with Crippen LogP contribution in [0, 0.1) is 17.0 Å². The first-order chi connectivity index (χ1) is 10.0. The van der Waals surface area contributed by atoms with E-state index in [4.69, 9.17) is 16.3 Å². The van der Waals surface area contributed by atoms with Crippen molar-refractivity contribution in [1.29, 1.82) is 0 Å². The van der Waals surface area contributed by atoms with E-state index in [0.29, 0.717) is 17.2 Å². The number of nitrogens with zero attached hydrogens (tertiary/aromatic N) is 1. The van der Waals surface area contributed by atoms with Gasteiger partial charge in [0.2, 0.25) is 0 Å². The van der Waals surface area contributed by atoms with Crippen molar-refractivity contribution in [3.05, 3.63) is 67.7 Å². The Morgan fingerprint density at radius 2 is 2.05 bits per heavy atom. The minimum atomic E-state index is -0.386. The molecular weight excluding hydrogens is 358 g/mol. The van der Waals surface area contributed by atoms with E-state index in [9.17, 15) is 10.1 Å². The Morgan fingerprint density at radius 3 is 2.71 bits per heavy atom. The molecule has 0 fully saturated rings. The second-order valence-electron chi connectivity index (χ2n) is 4.49. The molecule has 0 radical (unpaired) electrons. The van der Waals surface area contributed by atoms with E-state index < -0.39 is 0 Å². The average molecular weight is 371 g/mol. The van der Waals surface area contributed by atoms with Gasteiger partial charge in [-0.2, -0.15) is 0 Å². The summed E-state index contributed by atoms with van der Waals surface area (Å²) >= 11 is 9.27. The molecule has 0 bridgehead atoms. The van der Waals surface area contributed by atoms with Gasteiger partial charge in [0.05, 0.1) is 10.8 Å². The Bertz CT molecular complexity index is 676. The highest BCUT2D eigenvalue weighted by Gasteiger charge is 2.14. The zero-order valence-corrected chi connectivity index (χ0v) is 13.6. The van der Waals surface area contributed by atoms with E-state index in [1.807, 2.05) is 24.3 Å². The third-order valence-corrected chi connectivity index (χ3v) is 3.94. The molecule has 0 saturated heterocycles. The van der Waals surface area contributed by atoms with Crippen molar-refractivity contribution in [3.8, 4) is 5.75 Å². The molecule has 4 nitrogen and oxygen atoms in total. The third-order valence-electron chi connectivity index (χ3n) is 3.16. The molecule has 0 saturated carbocycles. The summed E-state index contributed by atoms with van der Waals surface area (Å²) in [6, 6.07) is 10.6. The Balaban J connectivity index is 2.21. The van der Waals surface area contributed by atoms with Crippen molar-refractivity contribution in [2.75, 3.05) is 0 Å². The topological polar surface area (TPSA) is 52.4 Å². The number of hydrogen-bond acceptors (Lipinski definition) is 3. The summed E-state index contributed by atoms with van der Waals surface area (Å²) in [5, 5.41) is 10.9. The van der Waals surface area contributed by atoms with Gasteiger partial charge in [-0.25, -0.2) is 0 Å². The number of hydrogen-bond donors (Lipinski definition) is 0. The Kier molecular flexibility index (Phi) is 5.20.